The van der Waals surface area contributed by atoms with E-state index in [2.05, 4.69) is 10.6 Å². The van der Waals surface area contributed by atoms with Gasteiger partial charge >= 0.3 is 12.0 Å². The Labute approximate surface area is 151 Å². The average Bonchev–Trinajstić information content (AvgIpc) is 2.79. The normalized spacial score (nSPS) is 20.7. The predicted octanol–water partition coefficient (Wildman–Crippen LogP) is 1.13. The third-order valence-electron chi connectivity index (χ3n) is 4.42. The highest BCUT2D eigenvalue weighted by atomic mass is 16.4. The first-order valence-corrected chi connectivity index (χ1v) is 8.42. The summed E-state index contributed by atoms with van der Waals surface area (Å²) in [6.07, 6.45) is 0.841. The molecule has 140 valence electrons. The van der Waals surface area contributed by atoms with Crippen molar-refractivity contribution in [2.45, 2.75) is 45.2 Å². The van der Waals surface area contributed by atoms with Gasteiger partial charge in [0.05, 0.1) is 0 Å². The van der Waals surface area contributed by atoms with E-state index in [9.17, 15) is 19.2 Å². The van der Waals surface area contributed by atoms with E-state index in [1.807, 2.05) is 19.1 Å². The van der Waals surface area contributed by atoms with Gasteiger partial charge in [-0.15, -0.1) is 0 Å². The molecule has 0 spiro atoms. The van der Waals surface area contributed by atoms with E-state index in [4.69, 9.17) is 5.11 Å². The molecule has 1 fully saturated rings. The zero-order valence-electron chi connectivity index (χ0n) is 15.0. The molecule has 8 nitrogen and oxygen atoms in total. The van der Waals surface area contributed by atoms with Gasteiger partial charge in [-0.25, -0.2) is 9.59 Å². The summed E-state index contributed by atoms with van der Waals surface area (Å²) >= 11 is 0. The van der Waals surface area contributed by atoms with Crippen LogP contribution in [-0.4, -0.2) is 46.4 Å². The summed E-state index contributed by atoms with van der Waals surface area (Å²) in [4.78, 5) is 49.0. The SMILES string of the molecule is CCCC(NC(=O)CN1C(=O)NC(C)(c2ccc(C)cc2)C1=O)C(=O)O. The van der Waals surface area contributed by atoms with E-state index in [-0.39, 0.29) is 6.42 Å². The Morgan fingerprint density at radius 3 is 2.42 bits per heavy atom. The minimum Gasteiger partial charge on any atom is -0.480 e. The maximum Gasteiger partial charge on any atom is 0.326 e. The largest absolute Gasteiger partial charge is 0.480 e. The molecule has 1 aliphatic heterocycles. The maximum absolute atomic E-state index is 12.8. The Bertz CT molecular complexity index is 731. The molecule has 0 aliphatic carbocycles. The number of rotatable bonds is 7. The summed E-state index contributed by atoms with van der Waals surface area (Å²) < 4.78 is 0. The number of benzene rings is 1. The Kier molecular flexibility index (Phi) is 5.64. The van der Waals surface area contributed by atoms with Crippen LogP contribution in [-0.2, 0) is 19.9 Å². The first-order chi connectivity index (χ1) is 12.2. The van der Waals surface area contributed by atoms with E-state index < -0.39 is 41.9 Å². The van der Waals surface area contributed by atoms with Crippen molar-refractivity contribution < 1.29 is 24.3 Å². The van der Waals surface area contributed by atoms with Crippen LogP contribution in [0.25, 0.3) is 0 Å². The van der Waals surface area contributed by atoms with E-state index >= 15 is 0 Å². The molecule has 2 atom stereocenters. The molecule has 2 unspecified atom stereocenters. The van der Waals surface area contributed by atoms with Crippen LogP contribution in [0.2, 0.25) is 0 Å². The molecule has 26 heavy (non-hydrogen) atoms. The Hall–Kier alpha value is -2.90. The molecule has 1 aromatic rings. The molecule has 1 heterocycles. The topological polar surface area (TPSA) is 116 Å². The minimum atomic E-state index is -1.26. The quantitative estimate of drug-likeness (QED) is 0.630. The lowest BCUT2D eigenvalue weighted by Gasteiger charge is -2.22. The molecule has 3 N–H and O–H groups in total. The number of hydrogen-bond donors (Lipinski definition) is 3. The number of carbonyl (C=O) groups excluding carboxylic acids is 3. The number of hydrogen-bond acceptors (Lipinski definition) is 4. The van der Waals surface area contributed by atoms with E-state index in [1.54, 1.807) is 26.0 Å². The van der Waals surface area contributed by atoms with Gasteiger partial charge < -0.3 is 15.7 Å². The molecule has 8 heteroatoms. The van der Waals surface area contributed by atoms with E-state index in [0.29, 0.717) is 12.0 Å². The fourth-order valence-electron chi connectivity index (χ4n) is 2.85. The second kappa shape index (κ2) is 7.55. The third kappa shape index (κ3) is 3.84. The molecule has 4 amide bonds. The molecule has 2 rings (SSSR count). The summed E-state index contributed by atoms with van der Waals surface area (Å²) in [6, 6.07) is 5.43. The lowest BCUT2D eigenvalue weighted by molar-refractivity contribution is -0.142. The standard InChI is InChI=1S/C18H23N3O5/c1-4-5-13(15(23)24)19-14(22)10-21-16(25)18(3,20-17(21)26)12-8-6-11(2)7-9-12/h6-9,13H,4-5,10H2,1-3H3,(H,19,22)(H,20,26)(H,23,24). The van der Waals surface area contributed by atoms with Crippen LogP contribution < -0.4 is 10.6 Å². The first kappa shape index (κ1) is 19.4. The van der Waals surface area contributed by atoms with Crippen LogP contribution >= 0.6 is 0 Å². The fourth-order valence-corrected chi connectivity index (χ4v) is 2.85. The molecule has 1 aromatic carbocycles. The molecule has 0 bridgehead atoms. The predicted molar refractivity (Wildman–Crippen MR) is 93.3 cm³/mol. The van der Waals surface area contributed by atoms with Crippen LogP contribution in [0, 0.1) is 6.92 Å². The summed E-state index contributed by atoms with van der Waals surface area (Å²) in [7, 11) is 0. The molecular weight excluding hydrogens is 338 g/mol. The molecule has 1 aliphatic rings. The molecule has 0 saturated carbocycles. The van der Waals surface area contributed by atoms with Crippen molar-refractivity contribution in [3.05, 3.63) is 35.4 Å². The Balaban J connectivity index is 2.12. The van der Waals surface area contributed by atoms with Gasteiger partial charge in [0.1, 0.15) is 18.1 Å². The highest BCUT2D eigenvalue weighted by Crippen LogP contribution is 2.28. The Morgan fingerprint density at radius 2 is 1.88 bits per heavy atom. The second-order valence-electron chi connectivity index (χ2n) is 6.56. The van der Waals surface area contributed by atoms with Crippen LogP contribution in [0.1, 0.15) is 37.8 Å². The minimum absolute atomic E-state index is 0.266. The average molecular weight is 361 g/mol. The monoisotopic (exact) mass is 361 g/mol. The van der Waals surface area contributed by atoms with Crippen molar-refractivity contribution in [3.8, 4) is 0 Å². The zero-order chi connectivity index (χ0) is 19.5. The van der Waals surface area contributed by atoms with Crippen LogP contribution in [0.5, 0.6) is 0 Å². The van der Waals surface area contributed by atoms with Gasteiger partial charge in [0.2, 0.25) is 5.91 Å². The molecule has 0 radical (unpaired) electrons. The van der Waals surface area contributed by atoms with Crippen molar-refractivity contribution >= 4 is 23.8 Å². The number of aryl methyl sites for hydroxylation is 1. The van der Waals surface area contributed by atoms with Crippen LogP contribution in [0.3, 0.4) is 0 Å². The van der Waals surface area contributed by atoms with Gasteiger partial charge in [0.25, 0.3) is 5.91 Å². The summed E-state index contributed by atoms with van der Waals surface area (Å²) in [5.74, 6) is -2.40. The molecular formula is C18H23N3O5. The highest BCUT2D eigenvalue weighted by Gasteiger charge is 2.49. The summed E-state index contributed by atoms with van der Waals surface area (Å²) in [5, 5.41) is 14.1. The maximum atomic E-state index is 12.8. The number of carbonyl (C=O) groups is 4. The number of carboxylic acids is 1. The molecule has 1 saturated heterocycles. The summed E-state index contributed by atoms with van der Waals surface area (Å²) in [6.45, 7) is 4.76. The fraction of sp³-hybridized carbons (Fsp3) is 0.444. The number of urea groups is 1. The lowest BCUT2D eigenvalue weighted by atomic mass is 9.91. The van der Waals surface area contributed by atoms with E-state index in [1.165, 1.54) is 0 Å². The Morgan fingerprint density at radius 1 is 1.27 bits per heavy atom. The van der Waals surface area contributed by atoms with Gasteiger partial charge in [0, 0.05) is 0 Å². The number of nitrogens with zero attached hydrogens (tertiary/aromatic N) is 1. The van der Waals surface area contributed by atoms with Crippen LogP contribution in [0.15, 0.2) is 24.3 Å². The van der Waals surface area contributed by atoms with Crippen molar-refractivity contribution in [3.63, 3.8) is 0 Å². The van der Waals surface area contributed by atoms with Gasteiger partial charge in [0.15, 0.2) is 0 Å². The van der Waals surface area contributed by atoms with Gasteiger partial charge in [-0.05, 0) is 25.8 Å². The number of nitrogens with one attached hydrogen (secondary N) is 2. The van der Waals surface area contributed by atoms with E-state index in [0.717, 1.165) is 10.5 Å². The highest BCUT2D eigenvalue weighted by molar-refractivity contribution is 6.09. The zero-order valence-corrected chi connectivity index (χ0v) is 15.0. The second-order valence-corrected chi connectivity index (χ2v) is 6.56. The van der Waals surface area contributed by atoms with Crippen molar-refractivity contribution in [1.29, 1.82) is 0 Å². The van der Waals surface area contributed by atoms with Gasteiger partial charge in [-0.1, -0.05) is 43.2 Å². The van der Waals surface area contributed by atoms with Crippen LogP contribution in [0.4, 0.5) is 4.79 Å². The van der Waals surface area contributed by atoms with Crippen molar-refractivity contribution in [1.82, 2.24) is 15.5 Å². The molecule has 0 aromatic heterocycles. The summed E-state index contributed by atoms with van der Waals surface area (Å²) in [5.41, 5.74) is 0.362. The number of aliphatic carboxylic acids is 1. The lowest BCUT2D eigenvalue weighted by Crippen LogP contribution is -2.47. The smallest absolute Gasteiger partial charge is 0.326 e. The first-order valence-electron chi connectivity index (χ1n) is 8.42. The third-order valence-corrected chi connectivity index (χ3v) is 4.42. The number of imide groups is 1. The number of amides is 4. The van der Waals surface area contributed by atoms with Crippen molar-refractivity contribution in [2.75, 3.05) is 6.54 Å². The van der Waals surface area contributed by atoms with Gasteiger partial charge in [-0.2, -0.15) is 0 Å². The van der Waals surface area contributed by atoms with Gasteiger partial charge in [-0.3, -0.25) is 14.5 Å². The van der Waals surface area contributed by atoms with Crippen molar-refractivity contribution in [2.24, 2.45) is 0 Å². The number of carboxylic acid groups (broad SMARTS) is 1.